The van der Waals surface area contributed by atoms with E-state index in [-0.39, 0.29) is 24.1 Å². The van der Waals surface area contributed by atoms with Gasteiger partial charge in [-0.05, 0) is 32.0 Å². The fourth-order valence-electron chi connectivity index (χ4n) is 2.08. The average molecular weight is 293 g/mol. The van der Waals surface area contributed by atoms with Gasteiger partial charge in [0, 0.05) is 19.2 Å². The van der Waals surface area contributed by atoms with E-state index in [0.29, 0.717) is 18.7 Å². The van der Waals surface area contributed by atoms with E-state index in [1.54, 1.807) is 12.0 Å². The summed E-state index contributed by atoms with van der Waals surface area (Å²) in [5, 5.41) is 8.77. The van der Waals surface area contributed by atoms with Gasteiger partial charge in [0.2, 0.25) is 0 Å². The summed E-state index contributed by atoms with van der Waals surface area (Å²) in [5.74, 6) is 4.35. The van der Waals surface area contributed by atoms with Crippen LogP contribution in [0.3, 0.4) is 0 Å². The van der Waals surface area contributed by atoms with Crippen molar-refractivity contribution >= 4 is 5.91 Å². The minimum atomic E-state index is -0.497. The highest BCUT2D eigenvalue weighted by atomic mass is 19.1. The lowest BCUT2D eigenvalue weighted by atomic mass is 10.1. The van der Waals surface area contributed by atoms with Crippen LogP contribution in [-0.2, 0) is 4.74 Å². The van der Waals surface area contributed by atoms with Crippen LogP contribution in [0.2, 0.25) is 0 Å². The SMILES string of the molecule is CCN(C(=O)c1cc(F)ccc1C#CCO)C(C)COC. The Balaban J connectivity index is 3.17. The van der Waals surface area contributed by atoms with Crippen molar-refractivity contribution in [1.29, 1.82) is 0 Å². The van der Waals surface area contributed by atoms with E-state index in [4.69, 9.17) is 9.84 Å². The first-order valence-corrected chi connectivity index (χ1v) is 6.74. The first-order valence-electron chi connectivity index (χ1n) is 6.74. The highest BCUT2D eigenvalue weighted by Crippen LogP contribution is 2.15. The molecule has 5 heteroatoms. The number of hydrogen-bond acceptors (Lipinski definition) is 3. The topological polar surface area (TPSA) is 49.8 Å². The molecule has 0 aliphatic heterocycles. The molecule has 0 radical (unpaired) electrons. The van der Waals surface area contributed by atoms with Crippen LogP contribution in [0, 0.1) is 17.7 Å². The van der Waals surface area contributed by atoms with Gasteiger partial charge < -0.3 is 14.7 Å². The van der Waals surface area contributed by atoms with E-state index < -0.39 is 5.82 Å². The molecule has 21 heavy (non-hydrogen) atoms. The van der Waals surface area contributed by atoms with Crippen molar-refractivity contribution in [1.82, 2.24) is 4.90 Å². The first kappa shape index (κ1) is 17.2. The summed E-state index contributed by atoms with van der Waals surface area (Å²) in [6, 6.07) is 3.73. The summed E-state index contributed by atoms with van der Waals surface area (Å²) in [4.78, 5) is 14.2. The maximum absolute atomic E-state index is 13.5. The lowest BCUT2D eigenvalue weighted by Crippen LogP contribution is -2.41. The maximum atomic E-state index is 13.5. The predicted octanol–water partition coefficient (Wildman–Crippen LogP) is 1.67. The molecule has 1 aromatic carbocycles. The Bertz CT molecular complexity index is 548. The van der Waals surface area contributed by atoms with Gasteiger partial charge in [0.05, 0.1) is 18.2 Å². The van der Waals surface area contributed by atoms with Crippen molar-refractivity contribution in [2.45, 2.75) is 19.9 Å². The van der Waals surface area contributed by atoms with Crippen molar-refractivity contribution in [2.75, 3.05) is 26.9 Å². The fraction of sp³-hybridized carbons (Fsp3) is 0.438. The summed E-state index contributed by atoms with van der Waals surface area (Å²) in [5.41, 5.74) is 0.597. The molecule has 114 valence electrons. The lowest BCUT2D eigenvalue weighted by molar-refractivity contribution is 0.0578. The Labute approximate surface area is 124 Å². The summed E-state index contributed by atoms with van der Waals surface area (Å²) in [6.45, 7) is 4.27. The normalized spacial score (nSPS) is 11.5. The molecule has 1 rings (SSSR count). The largest absolute Gasteiger partial charge is 0.384 e. The number of amides is 1. The Hall–Kier alpha value is -1.90. The molecule has 0 saturated heterocycles. The predicted molar refractivity (Wildman–Crippen MR) is 78.4 cm³/mol. The van der Waals surface area contributed by atoms with Gasteiger partial charge in [-0.15, -0.1) is 0 Å². The molecule has 0 heterocycles. The molecular formula is C16H20FNO3. The number of likely N-dealkylation sites (N-methyl/N-ethyl adjacent to an activating group) is 1. The van der Waals surface area contributed by atoms with Gasteiger partial charge in [-0.2, -0.15) is 0 Å². The van der Waals surface area contributed by atoms with Gasteiger partial charge in [0.15, 0.2) is 0 Å². The Morgan fingerprint density at radius 2 is 2.24 bits per heavy atom. The molecule has 1 amide bonds. The molecule has 0 spiro atoms. The highest BCUT2D eigenvalue weighted by molar-refractivity contribution is 5.97. The zero-order chi connectivity index (χ0) is 15.8. The van der Waals surface area contributed by atoms with E-state index in [9.17, 15) is 9.18 Å². The number of benzene rings is 1. The molecule has 0 fully saturated rings. The molecular weight excluding hydrogens is 273 g/mol. The van der Waals surface area contributed by atoms with Crippen LogP contribution >= 0.6 is 0 Å². The number of aliphatic hydroxyl groups is 1. The Morgan fingerprint density at radius 1 is 1.52 bits per heavy atom. The third-order valence-corrected chi connectivity index (χ3v) is 3.06. The van der Waals surface area contributed by atoms with Crippen LogP contribution in [0.15, 0.2) is 18.2 Å². The summed E-state index contributed by atoms with van der Waals surface area (Å²) >= 11 is 0. The van der Waals surface area contributed by atoms with E-state index in [2.05, 4.69) is 11.8 Å². The molecule has 0 aliphatic rings. The molecule has 1 aromatic rings. The minimum absolute atomic E-state index is 0.130. The zero-order valence-corrected chi connectivity index (χ0v) is 12.5. The second-order valence-electron chi connectivity index (χ2n) is 4.55. The summed E-state index contributed by atoms with van der Waals surface area (Å²) < 4.78 is 18.5. The van der Waals surface area contributed by atoms with E-state index in [1.165, 1.54) is 18.2 Å². The lowest BCUT2D eigenvalue weighted by Gasteiger charge is -2.28. The fourth-order valence-corrected chi connectivity index (χ4v) is 2.08. The molecule has 1 unspecified atom stereocenters. The van der Waals surface area contributed by atoms with Crippen LogP contribution < -0.4 is 0 Å². The van der Waals surface area contributed by atoms with Crippen molar-refractivity contribution in [2.24, 2.45) is 0 Å². The van der Waals surface area contributed by atoms with Crippen molar-refractivity contribution in [3.63, 3.8) is 0 Å². The first-order chi connectivity index (χ1) is 10.0. The number of rotatable bonds is 5. The highest BCUT2D eigenvalue weighted by Gasteiger charge is 2.22. The number of carbonyl (C=O) groups excluding carboxylic acids is 1. The molecule has 0 bridgehead atoms. The van der Waals surface area contributed by atoms with Crippen molar-refractivity contribution in [3.8, 4) is 11.8 Å². The number of ether oxygens (including phenoxy) is 1. The van der Waals surface area contributed by atoms with E-state index in [1.807, 2.05) is 13.8 Å². The van der Waals surface area contributed by atoms with Crippen molar-refractivity contribution < 1.29 is 19.0 Å². The number of hydrogen-bond donors (Lipinski definition) is 1. The second kappa shape index (κ2) is 8.40. The Morgan fingerprint density at radius 3 is 2.81 bits per heavy atom. The number of aliphatic hydroxyl groups excluding tert-OH is 1. The maximum Gasteiger partial charge on any atom is 0.255 e. The van der Waals surface area contributed by atoms with E-state index >= 15 is 0 Å². The third kappa shape index (κ3) is 4.55. The van der Waals surface area contributed by atoms with Gasteiger partial charge in [-0.3, -0.25) is 4.79 Å². The Kier molecular flexibility index (Phi) is 6.86. The van der Waals surface area contributed by atoms with Gasteiger partial charge in [-0.1, -0.05) is 11.8 Å². The summed E-state index contributed by atoms with van der Waals surface area (Å²) in [6.07, 6.45) is 0. The summed E-state index contributed by atoms with van der Waals surface area (Å²) in [7, 11) is 1.56. The standard InChI is InChI=1S/C16H20FNO3/c1-4-18(12(2)11-21-3)16(20)15-10-14(17)8-7-13(15)6-5-9-19/h7-8,10,12,19H,4,9,11H2,1-3H3. The minimum Gasteiger partial charge on any atom is -0.384 e. The van der Waals surface area contributed by atoms with Crippen LogP contribution in [0.25, 0.3) is 0 Å². The molecule has 1 atom stereocenters. The number of nitrogens with zero attached hydrogens (tertiary/aromatic N) is 1. The molecule has 0 aliphatic carbocycles. The van der Waals surface area contributed by atoms with Gasteiger partial charge in [-0.25, -0.2) is 4.39 Å². The van der Waals surface area contributed by atoms with Crippen LogP contribution in [0.1, 0.15) is 29.8 Å². The van der Waals surface area contributed by atoms with Crippen LogP contribution in [0.5, 0.6) is 0 Å². The van der Waals surface area contributed by atoms with Gasteiger partial charge in [0.1, 0.15) is 12.4 Å². The number of methoxy groups -OCH3 is 1. The van der Waals surface area contributed by atoms with Crippen LogP contribution in [-0.4, -0.2) is 48.8 Å². The van der Waals surface area contributed by atoms with E-state index in [0.717, 1.165) is 0 Å². The molecule has 1 N–H and O–H groups in total. The van der Waals surface area contributed by atoms with Gasteiger partial charge in [0.25, 0.3) is 5.91 Å². The molecule has 4 nitrogen and oxygen atoms in total. The molecule has 0 saturated carbocycles. The number of carbonyl (C=O) groups is 1. The zero-order valence-electron chi connectivity index (χ0n) is 12.5. The van der Waals surface area contributed by atoms with Crippen molar-refractivity contribution in [3.05, 3.63) is 35.1 Å². The smallest absolute Gasteiger partial charge is 0.255 e. The monoisotopic (exact) mass is 293 g/mol. The molecule has 0 aromatic heterocycles. The van der Waals surface area contributed by atoms with Crippen LogP contribution in [0.4, 0.5) is 4.39 Å². The quantitative estimate of drug-likeness (QED) is 0.840. The average Bonchev–Trinajstić information content (AvgIpc) is 2.46. The second-order valence-corrected chi connectivity index (χ2v) is 4.55. The van der Waals surface area contributed by atoms with Gasteiger partial charge >= 0.3 is 0 Å². The number of halogens is 1. The third-order valence-electron chi connectivity index (χ3n) is 3.06.